The lowest BCUT2D eigenvalue weighted by atomic mass is 10.2. The number of ether oxygens (including phenoxy) is 2. The number of hydrogen-bond acceptors (Lipinski definition) is 5. The molecule has 2 rings (SSSR count). The molecule has 0 radical (unpaired) electrons. The summed E-state index contributed by atoms with van der Waals surface area (Å²) in [6.07, 6.45) is 3.19. The van der Waals surface area contributed by atoms with Crippen LogP contribution in [0.25, 0.3) is 0 Å². The maximum atomic E-state index is 5.84. The molecule has 5 heteroatoms. The van der Waals surface area contributed by atoms with Crippen LogP contribution >= 0.6 is 0 Å². The number of hydrogen-bond donors (Lipinski definition) is 1. The Morgan fingerprint density at radius 1 is 1.05 bits per heavy atom. The fourth-order valence-electron chi connectivity index (χ4n) is 1.83. The van der Waals surface area contributed by atoms with E-state index in [0.717, 1.165) is 24.2 Å². The van der Waals surface area contributed by atoms with Gasteiger partial charge in [-0.05, 0) is 18.6 Å². The Labute approximate surface area is 118 Å². The van der Waals surface area contributed by atoms with Gasteiger partial charge in [0, 0.05) is 0 Å². The highest BCUT2D eigenvalue weighted by atomic mass is 16.5. The molecule has 0 unspecified atom stereocenters. The second kappa shape index (κ2) is 7.33. The normalized spacial score (nSPS) is 10.2. The van der Waals surface area contributed by atoms with Gasteiger partial charge in [0.1, 0.15) is 31.1 Å². The maximum Gasteiger partial charge on any atom is 0.221 e. The van der Waals surface area contributed by atoms with Crippen LogP contribution < -0.4 is 15.2 Å². The van der Waals surface area contributed by atoms with Gasteiger partial charge in [0.05, 0.1) is 5.56 Å². The quantitative estimate of drug-likeness (QED) is 0.785. The summed E-state index contributed by atoms with van der Waals surface area (Å²) < 4.78 is 11.2. The molecule has 0 atom stereocenters. The average molecular weight is 273 g/mol. The van der Waals surface area contributed by atoms with Crippen LogP contribution in [-0.2, 0) is 6.42 Å². The van der Waals surface area contributed by atoms with Crippen molar-refractivity contribution in [3.8, 4) is 11.6 Å². The third-order valence-electron chi connectivity index (χ3n) is 2.77. The van der Waals surface area contributed by atoms with Crippen molar-refractivity contribution in [3.05, 3.63) is 42.2 Å². The molecule has 106 valence electrons. The SMILES string of the molecule is CCCc1c(N)ncnc1OCCOc1ccccc1. The summed E-state index contributed by atoms with van der Waals surface area (Å²) in [4.78, 5) is 8.12. The monoisotopic (exact) mass is 273 g/mol. The molecule has 0 saturated carbocycles. The van der Waals surface area contributed by atoms with Gasteiger partial charge in [0.15, 0.2) is 0 Å². The molecule has 2 N–H and O–H groups in total. The lowest BCUT2D eigenvalue weighted by Gasteiger charge is -2.11. The van der Waals surface area contributed by atoms with Crippen LogP contribution in [0.3, 0.4) is 0 Å². The first-order chi connectivity index (χ1) is 9.81. The van der Waals surface area contributed by atoms with E-state index in [9.17, 15) is 0 Å². The molecule has 1 aromatic carbocycles. The molecular formula is C15H19N3O2. The van der Waals surface area contributed by atoms with E-state index < -0.39 is 0 Å². The molecule has 1 aromatic heterocycles. The molecule has 0 aliphatic rings. The van der Waals surface area contributed by atoms with Gasteiger partial charge in [-0.15, -0.1) is 0 Å². The van der Waals surface area contributed by atoms with E-state index in [-0.39, 0.29) is 0 Å². The van der Waals surface area contributed by atoms with Crippen molar-refractivity contribution in [1.82, 2.24) is 9.97 Å². The molecular weight excluding hydrogens is 254 g/mol. The fourth-order valence-corrected chi connectivity index (χ4v) is 1.83. The molecule has 0 spiro atoms. The predicted molar refractivity (Wildman–Crippen MR) is 77.9 cm³/mol. The van der Waals surface area contributed by atoms with Crippen molar-refractivity contribution >= 4 is 5.82 Å². The molecule has 0 amide bonds. The summed E-state index contributed by atoms with van der Waals surface area (Å²) in [5.41, 5.74) is 6.71. The summed E-state index contributed by atoms with van der Waals surface area (Å²) in [6.45, 7) is 2.95. The smallest absolute Gasteiger partial charge is 0.221 e. The fraction of sp³-hybridized carbons (Fsp3) is 0.333. The van der Waals surface area contributed by atoms with E-state index in [0.29, 0.717) is 24.9 Å². The van der Waals surface area contributed by atoms with Crippen LogP contribution in [-0.4, -0.2) is 23.2 Å². The number of benzene rings is 1. The van der Waals surface area contributed by atoms with Gasteiger partial charge in [-0.3, -0.25) is 0 Å². The van der Waals surface area contributed by atoms with E-state index in [1.807, 2.05) is 30.3 Å². The van der Waals surface area contributed by atoms with E-state index in [2.05, 4.69) is 16.9 Å². The van der Waals surface area contributed by atoms with E-state index >= 15 is 0 Å². The van der Waals surface area contributed by atoms with Crippen molar-refractivity contribution in [3.63, 3.8) is 0 Å². The van der Waals surface area contributed by atoms with Crippen LogP contribution in [0, 0.1) is 0 Å². The molecule has 0 aliphatic carbocycles. The Morgan fingerprint density at radius 2 is 1.80 bits per heavy atom. The third kappa shape index (κ3) is 3.85. The van der Waals surface area contributed by atoms with Crippen molar-refractivity contribution in [2.24, 2.45) is 0 Å². The largest absolute Gasteiger partial charge is 0.490 e. The Balaban J connectivity index is 1.86. The molecule has 0 fully saturated rings. The zero-order valence-corrected chi connectivity index (χ0v) is 11.6. The summed E-state index contributed by atoms with van der Waals surface area (Å²) in [6, 6.07) is 9.63. The summed E-state index contributed by atoms with van der Waals surface area (Å²) >= 11 is 0. The number of nitrogens with two attached hydrogens (primary N) is 1. The Hall–Kier alpha value is -2.30. The topological polar surface area (TPSA) is 70.3 Å². The van der Waals surface area contributed by atoms with Gasteiger partial charge in [-0.25, -0.2) is 9.97 Å². The van der Waals surface area contributed by atoms with Gasteiger partial charge in [0.2, 0.25) is 5.88 Å². The van der Waals surface area contributed by atoms with Crippen molar-refractivity contribution < 1.29 is 9.47 Å². The molecule has 2 aromatic rings. The maximum absolute atomic E-state index is 5.84. The lowest BCUT2D eigenvalue weighted by Crippen LogP contribution is -2.12. The standard InChI is InChI=1S/C15H19N3O2/c1-2-6-13-14(16)17-11-18-15(13)20-10-9-19-12-7-4-3-5-8-12/h3-5,7-8,11H,2,6,9-10H2,1H3,(H2,16,17,18). The number of anilines is 1. The Kier molecular flexibility index (Phi) is 5.17. The van der Waals surface area contributed by atoms with E-state index in [1.54, 1.807) is 0 Å². The summed E-state index contributed by atoms with van der Waals surface area (Å²) in [7, 11) is 0. The third-order valence-corrected chi connectivity index (χ3v) is 2.77. The van der Waals surface area contributed by atoms with Crippen LogP contribution in [0.4, 0.5) is 5.82 Å². The predicted octanol–water partition coefficient (Wildman–Crippen LogP) is 2.47. The molecule has 0 saturated heterocycles. The Bertz CT molecular complexity index is 532. The number of nitrogens with zero attached hydrogens (tertiary/aromatic N) is 2. The number of nitrogen functional groups attached to an aromatic ring is 1. The first-order valence-electron chi connectivity index (χ1n) is 6.71. The Morgan fingerprint density at radius 3 is 2.55 bits per heavy atom. The second-order valence-corrected chi connectivity index (χ2v) is 4.30. The zero-order valence-electron chi connectivity index (χ0n) is 11.6. The highest BCUT2D eigenvalue weighted by molar-refractivity contribution is 5.44. The average Bonchev–Trinajstić information content (AvgIpc) is 2.48. The number of para-hydroxylation sites is 1. The first kappa shape index (κ1) is 14.1. The summed E-state index contributed by atoms with van der Waals surface area (Å²) in [5.74, 6) is 1.86. The van der Waals surface area contributed by atoms with Crippen molar-refractivity contribution in [2.45, 2.75) is 19.8 Å². The van der Waals surface area contributed by atoms with Crippen LogP contribution in [0.15, 0.2) is 36.7 Å². The van der Waals surface area contributed by atoms with Gasteiger partial charge in [-0.1, -0.05) is 31.5 Å². The van der Waals surface area contributed by atoms with Crippen molar-refractivity contribution in [1.29, 1.82) is 0 Å². The van der Waals surface area contributed by atoms with Gasteiger partial charge in [0.25, 0.3) is 0 Å². The number of aromatic nitrogens is 2. The molecule has 20 heavy (non-hydrogen) atoms. The molecule has 0 bridgehead atoms. The van der Waals surface area contributed by atoms with E-state index in [4.69, 9.17) is 15.2 Å². The van der Waals surface area contributed by atoms with Gasteiger partial charge < -0.3 is 15.2 Å². The molecule has 5 nitrogen and oxygen atoms in total. The minimum Gasteiger partial charge on any atom is -0.490 e. The van der Waals surface area contributed by atoms with Crippen LogP contribution in [0.5, 0.6) is 11.6 Å². The lowest BCUT2D eigenvalue weighted by molar-refractivity contribution is 0.210. The molecule has 1 heterocycles. The van der Waals surface area contributed by atoms with Gasteiger partial charge in [-0.2, -0.15) is 0 Å². The van der Waals surface area contributed by atoms with E-state index in [1.165, 1.54) is 6.33 Å². The minimum absolute atomic E-state index is 0.419. The molecule has 0 aliphatic heterocycles. The zero-order chi connectivity index (χ0) is 14.2. The second-order valence-electron chi connectivity index (χ2n) is 4.30. The van der Waals surface area contributed by atoms with Gasteiger partial charge >= 0.3 is 0 Å². The van der Waals surface area contributed by atoms with Crippen LogP contribution in [0.2, 0.25) is 0 Å². The highest BCUT2D eigenvalue weighted by Gasteiger charge is 2.09. The van der Waals surface area contributed by atoms with Crippen molar-refractivity contribution in [2.75, 3.05) is 18.9 Å². The summed E-state index contributed by atoms with van der Waals surface area (Å²) in [5, 5.41) is 0. The number of rotatable bonds is 7. The first-order valence-corrected chi connectivity index (χ1v) is 6.71. The highest BCUT2D eigenvalue weighted by Crippen LogP contribution is 2.21. The minimum atomic E-state index is 0.419. The van der Waals surface area contributed by atoms with Crippen LogP contribution in [0.1, 0.15) is 18.9 Å².